The molecular formula is C14H21ClFIN2O. The summed E-state index contributed by atoms with van der Waals surface area (Å²) >= 11 is 1.96. The van der Waals surface area contributed by atoms with Crippen molar-refractivity contribution >= 4 is 40.9 Å². The molecule has 20 heavy (non-hydrogen) atoms. The molecule has 1 aromatic carbocycles. The zero-order valence-electron chi connectivity index (χ0n) is 11.9. The number of rotatable bonds is 5. The lowest BCUT2D eigenvalue weighted by Gasteiger charge is -2.31. The molecule has 114 valence electrons. The predicted octanol–water partition coefficient (Wildman–Crippen LogP) is 3.35. The van der Waals surface area contributed by atoms with Crippen LogP contribution in [-0.2, 0) is 0 Å². The first-order valence-corrected chi connectivity index (χ1v) is 7.33. The summed E-state index contributed by atoms with van der Waals surface area (Å²) < 4.78 is 13.6. The Morgan fingerprint density at radius 1 is 1.50 bits per heavy atom. The maximum atomic E-state index is 13.0. The quantitative estimate of drug-likeness (QED) is 0.726. The molecule has 0 spiro atoms. The molecule has 0 aliphatic carbocycles. The Bertz CT molecular complexity index is 470. The Morgan fingerprint density at radius 2 is 2.10 bits per heavy atom. The molecule has 1 amide bonds. The maximum absolute atomic E-state index is 13.0. The summed E-state index contributed by atoms with van der Waals surface area (Å²) in [6.45, 7) is 6.47. The van der Waals surface area contributed by atoms with Crippen LogP contribution in [0.4, 0.5) is 4.39 Å². The van der Waals surface area contributed by atoms with Crippen molar-refractivity contribution in [1.82, 2.24) is 5.32 Å². The Hall–Kier alpha value is -0.400. The Morgan fingerprint density at radius 3 is 2.55 bits per heavy atom. The van der Waals surface area contributed by atoms with E-state index < -0.39 is 5.54 Å². The zero-order chi connectivity index (χ0) is 14.6. The normalized spacial score (nSPS) is 13.6. The summed E-state index contributed by atoms with van der Waals surface area (Å²) in [6, 6.07) is 4.13. The van der Waals surface area contributed by atoms with Crippen LogP contribution in [0.1, 0.15) is 37.6 Å². The summed E-state index contributed by atoms with van der Waals surface area (Å²) in [7, 11) is 0. The summed E-state index contributed by atoms with van der Waals surface area (Å²) in [4.78, 5) is 12.2. The van der Waals surface area contributed by atoms with Gasteiger partial charge in [-0.1, -0.05) is 13.8 Å². The van der Waals surface area contributed by atoms with E-state index in [-0.39, 0.29) is 24.1 Å². The number of nitrogens with one attached hydrogen (secondary N) is 1. The molecule has 0 fully saturated rings. The van der Waals surface area contributed by atoms with Crippen LogP contribution in [0, 0.1) is 15.3 Å². The van der Waals surface area contributed by atoms with Crippen molar-refractivity contribution in [2.24, 2.45) is 11.7 Å². The number of benzene rings is 1. The standard InChI is InChI=1S/C14H20FIN2O.ClH/c1-9(2)7-14(3,8-17)18-13(19)11-5-4-10(15)6-12(11)16;/h4-6,9H,7-8,17H2,1-3H3,(H,18,19);1H. The molecule has 0 aliphatic rings. The minimum absolute atomic E-state index is 0. The van der Waals surface area contributed by atoms with E-state index in [1.54, 1.807) is 0 Å². The van der Waals surface area contributed by atoms with Crippen molar-refractivity contribution in [3.63, 3.8) is 0 Å². The van der Waals surface area contributed by atoms with Gasteiger partial charge in [0.2, 0.25) is 0 Å². The fraction of sp³-hybridized carbons (Fsp3) is 0.500. The van der Waals surface area contributed by atoms with Crippen LogP contribution in [0.25, 0.3) is 0 Å². The van der Waals surface area contributed by atoms with Crippen molar-refractivity contribution < 1.29 is 9.18 Å². The summed E-state index contributed by atoms with van der Waals surface area (Å²) in [5.41, 5.74) is 5.80. The Kier molecular flexibility index (Phi) is 7.98. The van der Waals surface area contributed by atoms with Gasteiger partial charge < -0.3 is 11.1 Å². The molecular weight excluding hydrogens is 394 g/mol. The highest BCUT2D eigenvalue weighted by atomic mass is 127. The van der Waals surface area contributed by atoms with E-state index in [4.69, 9.17) is 5.73 Å². The van der Waals surface area contributed by atoms with Gasteiger partial charge in [0.25, 0.3) is 5.91 Å². The molecule has 0 bridgehead atoms. The minimum Gasteiger partial charge on any atom is -0.346 e. The second-order valence-corrected chi connectivity index (χ2v) is 6.60. The van der Waals surface area contributed by atoms with Gasteiger partial charge in [0.05, 0.1) is 5.56 Å². The molecule has 3 nitrogen and oxygen atoms in total. The number of carbonyl (C=O) groups excluding carboxylic acids is 1. The van der Waals surface area contributed by atoms with Crippen LogP contribution in [0.5, 0.6) is 0 Å². The van der Waals surface area contributed by atoms with Crippen molar-refractivity contribution in [2.75, 3.05) is 6.54 Å². The first-order valence-electron chi connectivity index (χ1n) is 6.25. The van der Waals surface area contributed by atoms with Gasteiger partial charge in [-0.25, -0.2) is 4.39 Å². The molecule has 6 heteroatoms. The number of hydrogen-bond acceptors (Lipinski definition) is 2. The third-order valence-electron chi connectivity index (χ3n) is 2.90. The summed E-state index contributed by atoms with van der Waals surface area (Å²) in [6.07, 6.45) is 0.799. The molecule has 0 radical (unpaired) electrons. The number of carbonyl (C=O) groups is 1. The summed E-state index contributed by atoms with van der Waals surface area (Å²) in [5, 5.41) is 2.96. The van der Waals surface area contributed by atoms with Gasteiger partial charge in [-0.3, -0.25) is 4.79 Å². The van der Waals surface area contributed by atoms with E-state index >= 15 is 0 Å². The lowest BCUT2D eigenvalue weighted by atomic mass is 9.90. The predicted molar refractivity (Wildman–Crippen MR) is 90.7 cm³/mol. The highest BCUT2D eigenvalue weighted by Gasteiger charge is 2.27. The first-order chi connectivity index (χ1) is 8.77. The topological polar surface area (TPSA) is 55.1 Å². The van der Waals surface area contributed by atoms with Crippen molar-refractivity contribution in [2.45, 2.75) is 32.7 Å². The largest absolute Gasteiger partial charge is 0.346 e. The van der Waals surface area contributed by atoms with Gasteiger partial charge in [-0.15, -0.1) is 12.4 Å². The molecule has 0 saturated heterocycles. The third kappa shape index (κ3) is 5.54. The average Bonchev–Trinajstić information content (AvgIpc) is 2.27. The number of amides is 1. The smallest absolute Gasteiger partial charge is 0.252 e. The van der Waals surface area contributed by atoms with E-state index in [0.29, 0.717) is 21.6 Å². The van der Waals surface area contributed by atoms with E-state index in [1.807, 2.05) is 29.5 Å². The minimum atomic E-state index is -0.442. The van der Waals surface area contributed by atoms with Crippen molar-refractivity contribution in [3.05, 3.63) is 33.1 Å². The summed E-state index contributed by atoms with van der Waals surface area (Å²) in [5.74, 6) is -0.121. The number of nitrogens with two attached hydrogens (primary N) is 1. The molecule has 1 atom stereocenters. The lowest BCUT2D eigenvalue weighted by molar-refractivity contribution is 0.0897. The second kappa shape index (κ2) is 8.14. The van der Waals surface area contributed by atoms with Crippen LogP contribution < -0.4 is 11.1 Å². The number of halogens is 3. The highest BCUT2D eigenvalue weighted by Crippen LogP contribution is 2.18. The molecule has 0 heterocycles. The van der Waals surface area contributed by atoms with E-state index in [0.717, 1.165) is 6.42 Å². The van der Waals surface area contributed by atoms with Crippen LogP contribution >= 0.6 is 35.0 Å². The van der Waals surface area contributed by atoms with Crippen LogP contribution in [0.2, 0.25) is 0 Å². The fourth-order valence-corrected chi connectivity index (χ4v) is 2.82. The molecule has 3 N–H and O–H groups in total. The monoisotopic (exact) mass is 414 g/mol. The van der Waals surface area contributed by atoms with Gasteiger partial charge in [-0.2, -0.15) is 0 Å². The fourth-order valence-electron chi connectivity index (χ4n) is 2.10. The second-order valence-electron chi connectivity index (χ2n) is 5.44. The van der Waals surface area contributed by atoms with Gasteiger partial charge in [0.1, 0.15) is 5.82 Å². The van der Waals surface area contributed by atoms with E-state index in [9.17, 15) is 9.18 Å². The van der Waals surface area contributed by atoms with E-state index in [1.165, 1.54) is 18.2 Å². The highest BCUT2D eigenvalue weighted by molar-refractivity contribution is 14.1. The first kappa shape index (κ1) is 19.6. The molecule has 0 aliphatic heterocycles. The Balaban J connectivity index is 0.00000361. The zero-order valence-corrected chi connectivity index (χ0v) is 14.8. The SMILES string of the molecule is CC(C)CC(C)(CN)NC(=O)c1ccc(F)cc1I.Cl. The molecule has 1 unspecified atom stereocenters. The maximum Gasteiger partial charge on any atom is 0.252 e. The van der Waals surface area contributed by atoms with Crippen LogP contribution in [0.15, 0.2) is 18.2 Å². The molecule has 0 saturated carbocycles. The number of hydrogen-bond donors (Lipinski definition) is 2. The molecule has 0 aromatic heterocycles. The van der Waals surface area contributed by atoms with Gasteiger partial charge >= 0.3 is 0 Å². The molecule has 1 aromatic rings. The third-order valence-corrected chi connectivity index (χ3v) is 3.79. The van der Waals surface area contributed by atoms with E-state index in [2.05, 4.69) is 19.2 Å². The van der Waals surface area contributed by atoms with Crippen LogP contribution in [-0.4, -0.2) is 18.0 Å². The molecule has 1 rings (SSSR count). The Labute approximate surface area is 139 Å². The van der Waals surface area contributed by atoms with Gasteiger partial charge in [-0.05, 0) is 60.1 Å². The van der Waals surface area contributed by atoms with Crippen molar-refractivity contribution in [3.8, 4) is 0 Å². The average molecular weight is 415 g/mol. The van der Waals surface area contributed by atoms with Crippen LogP contribution in [0.3, 0.4) is 0 Å². The van der Waals surface area contributed by atoms with Gasteiger partial charge in [0, 0.05) is 15.7 Å². The lowest BCUT2D eigenvalue weighted by Crippen LogP contribution is -2.52. The van der Waals surface area contributed by atoms with Gasteiger partial charge in [0.15, 0.2) is 0 Å². The van der Waals surface area contributed by atoms with Crippen molar-refractivity contribution in [1.29, 1.82) is 0 Å².